The van der Waals surface area contributed by atoms with Crippen molar-refractivity contribution in [2.75, 3.05) is 11.4 Å². The van der Waals surface area contributed by atoms with Crippen molar-refractivity contribution in [3.8, 4) is 6.07 Å². The molecule has 0 aliphatic carbocycles. The Kier molecular flexibility index (Phi) is 2.96. The highest BCUT2D eigenvalue weighted by Gasteiger charge is 2.31. The molecule has 1 aromatic heterocycles. The summed E-state index contributed by atoms with van der Waals surface area (Å²) < 4.78 is 0. The first-order valence-electron chi connectivity index (χ1n) is 5.50. The van der Waals surface area contributed by atoms with Crippen molar-refractivity contribution in [3.05, 3.63) is 23.4 Å². The van der Waals surface area contributed by atoms with Gasteiger partial charge in [-0.1, -0.05) is 0 Å². The van der Waals surface area contributed by atoms with Gasteiger partial charge in [0.25, 0.3) is 0 Å². The highest BCUT2D eigenvalue weighted by atomic mass is 16.4. The Labute approximate surface area is 99.3 Å². The number of pyridine rings is 1. The number of aliphatic carboxylic acids is 1. The molecule has 5 heteroatoms. The number of aromatic nitrogens is 1. The smallest absolute Gasteiger partial charge is 0.326 e. The molecule has 1 fully saturated rings. The van der Waals surface area contributed by atoms with Crippen LogP contribution in [0.1, 0.15) is 24.1 Å². The van der Waals surface area contributed by atoms with E-state index >= 15 is 0 Å². The molecule has 0 bridgehead atoms. The summed E-state index contributed by atoms with van der Waals surface area (Å²) in [6.45, 7) is 2.46. The third-order valence-corrected chi connectivity index (χ3v) is 3.02. The zero-order valence-corrected chi connectivity index (χ0v) is 9.55. The quantitative estimate of drug-likeness (QED) is 0.830. The predicted octanol–water partition coefficient (Wildman–Crippen LogP) is 1.32. The molecule has 0 unspecified atom stereocenters. The summed E-state index contributed by atoms with van der Waals surface area (Å²) in [5.74, 6) is -0.169. The molecule has 1 N–H and O–H groups in total. The first kappa shape index (κ1) is 11.4. The molecule has 2 rings (SSSR count). The zero-order chi connectivity index (χ0) is 12.4. The number of rotatable bonds is 2. The van der Waals surface area contributed by atoms with E-state index in [9.17, 15) is 4.79 Å². The molecule has 0 spiro atoms. The van der Waals surface area contributed by atoms with Crippen LogP contribution in [0.2, 0.25) is 0 Å². The average Bonchev–Trinajstić information content (AvgIpc) is 2.77. The molecule has 2 heterocycles. The van der Waals surface area contributed by atoms with E-state index < -0.39 is 12.0 Å². The maximum absolute atomic E-state index is 11.1. The zero-order valence-electron chi connectivity index (χ0n) is 9.55. The van der Waals surface area contributed by atoms with Crippen LogP contribution in [0, 0.1) is 18.3 Å². The van der Waals surface area contributed by atoms with E-state index in [-0.39, 0.29) is 0 Å². The maximum atomic E-state index is 11.1. The SMILES string of the molecule is Cc1nc(N2CCC[C@@H]2C(=O)O)ccc1C#N. The molecule has 1 atom stereocenters. The van der Waals surface area contributed by atoms with Gasteiger partial charge in [-0.2, -0.15) is 5.26 Å². The van der Waals surface area contributed by atoms with Crippen LogP contribution in [0.4, 0.5) is 5.82 Å². The van der Waals surface area contributed by atoms with Crippen molar-refractivity contribution in [3.63, 3.8) is 0 Å². The fourth-order valence-corrected chi connectivity index (χ4v) is 2.12. The van der Waals surface area contributed by atoms with Crippen molar-refractivity contribution < 1.29 is 9.90 Å². The Morgan fingerprint density at radius 3 is 3.00 bits per heavy atom. The third kappa shape index (κ3) is 2.07. The van der Waals surface area contributed by atoms with Crippen LogP contribution in [0.15, 0.2) is 12.1 Å². The minimum atomic E-state index is -0.814. The monoisotopic (exact) mass is 231 g/mol. The van der Waals surface area contributed by atoms with E-state index in [2.05, 4.69) is 4.98 Å². The Balaban J connectivity index is 2.31. The number of nitrogens with zero attached hydrogens (tertiary/aromatic N) is 3. The number of hydrogen-bond donors (Lipinski definition) is 1. The minimum absolute atomic E-state index is 0.491. The van der Waals surface area contributed by atoms with E-state index in [1.165, 1.54) is 0 Å². The minimum Gasteiger partial charge on any atom is -0.480 e. The van der Waals surface area contributed by atoms with E-state index in [0.717, 1.165) is 6.42 Å². The van der Waals surface area contributed by atoms with Gasteiger partial charge < -0.3 is 10.0 Å². The van der Waals surface area contributed by atoms with Gasteiger partial charge in [-0.15, -0.1) is 0 Å². The summed E-state index contributed by atoms with van der Waals surface area (Å²) in [6.07, 6.45) is 1.51. The lowest BCUT2D eigenvalue weighted by molar-refractivity contribution is -0.138. The second-order valence-corrected chi connectivity index (χ2v) is 4.10. The molecule has 1 saturated heterocycles. The van der Waals surface area contributed by atoms with Gasteiger partial charge in [-0.25, -0.2) is 9.78 Å². The van der Waals surface area contributed by atoms with Crippen molar-refractivity contribution in [2.45, 2.75) is 25.8 Å². The molecule has 17 heavy (non-hydrogen) atoms. The molecule has 0 saturated carbocycles. The standard InChI is InChI=1S/C12H13N3O2/c1-8-9(7-13)4-5-11(14-8)15-6-2-3-10(15)12(16)17/h4-5,10H,2-3,6H2,1H3,(H,16,17)/t10-/m1/s1. The second-order valence-electron chi connectivity index (χ2n) is 4.10. The number of carboxylic acids is 1. The van der Waals surface area contributed by atoms with Crippen molar-refractivity contribution in [1.82, 2.24) is 4.98 Å². The van der Waals surface area contributed by atoms with Gasteiger partial charge in [-0.3, -0.25) is 0 Å². The normalized spacial score (nSPS) is 19.1. The molecule has 88 valence electrons. The molecule has 0 amide bonds. The topological polar surface area (TPSA) is 77.2 Å². The van der Waals surface area contributed by atoms with E-state index in [4.69, 9.17) is 10.4 Å². The largest absolute Gasteiger partial charge is 0.480 e. The van der Waals surface area contributed by atoms with Crippen LogP contribution < -0.4 is 4.90 Å². The fourth-order valence-electron chi connectivity index (χ4n) is 2.12. The molecule has 1 aliphatic rings. The lowest BCUT2D eigenvalue weighted by Crippen LogP contribution is -2.36. The van der Waals surface area contributed by atoms with Crippen LogP contribution in [0.25, 0.3) is 0 Å². The number of carbonyl (C=O) groups is 1. The summed E-state index contributed by atoms with van der Waals surface area (Å²) in [5.41, 5.74) is 1.17. The molecule has 5 nitrogen and oxygen atoms in total. The summed E-state index contributed by atoms with van der Waals surface area (Å²) in [6, 6.07) is 4.96. The summed E-state index contributed by atoms with van der Waals surface area (Å²) >= 11 is 0. The number of nitriles is 1. The lowest BCUT2D eigenvalue weighted by Gasteiger charge is -2.22. The maximum Gasteiger partial charge on any atom is 0.326 e. The van der Waals surface area contributed by atoms with E-state index in [1.54, 1.807) is 24.0 Å². The van der Waals surface area contributed by atoms with Gasteiger partial charge in [0.05, 0.1) is 11.3 Å². The first-order chi connectivity index (χ1) is 8.13. The Morgan fingerprint density at radius 2 is 2.41 bits per heavy atom. The van der Waals surface area contributed by atoms with Crippen LogP contribution >= 0.6 is 0 Å². The van der Waals surface area contributed by atoms with Crippen LogP contribution in [-0.2, 0) is 4.79 Å². The Bertz CT molecular complexity index is 493. The van der Waals surface area contributed by atoms with Gasteiger partial charge in [0.15, 0.2) is 0 Å². The Morgan fingerprint density at radius 1 is 1.65 bits per heavy atom. The summed E-state index contributed by atoms with van der Waals surface area (Å²) in [4.78, 5) is 17.2. The van der Waals surface area contributed by atoms with Crippen molar-refractivity contribution >= 4 is 11.8 Å². The van der Waals surface area contributed by atoms with Gasteiger partial charge in [0, 0.05) is 6.54 Å². The van der Waals surface area contributed by atoms with Crippen LogP contribution in [0.3, 0.4) is 0 Å². The highest BCUT2D eigenvalue weighted by Crippen LogP contribution is 2.24. The second kappa shape index (κ2) is 4.42. The molecular weight excluding hydrogens is 218 g/mol. The van der Waals surface area contributed by atoms with Crippen LogP contribution in [0.5, 0.6) is 0 Å². The molecule has 1 aromatic rings. The van der Waals surface area contributed by atoms with E-state index in [0.29, 0.717) is 30.0 Å². The summed E-state index contributed by atoms with van der Waals surface area (Å²) in [7, 11) is 0. The van der Waals surface area contributed by atoms with Gasteiger partial charge >= 0.3 is 5.97 Å². The van der Waals surface area contributed by atoms with Gasteiger partial charge in [0.2, 0.25) is 0 Å². The van der Waals surface area contributed by atoms with Crippen molar-refractivity contribution in [1.29, 1.82) is 5.26 Å². The van der Waals surface area contributed by atoms with Crippen LogP contribution in [-0.4, -0.2) is 28.6 Å². The average molecular weight is 231 g/mol. The number of anilines is 1. The van der Waals surface area contributed by atoms with Gasteiger partial charge in [0.1, 0.15) is 17.9 Å². The van der Waals surface area contributed by atoms with E-state index in [1.807, 2.05) is 6.07 Å². The van der Waals surface area contributed by atoms with Crippen molar-refractivity contribution in [2.24, 2.45) is 0 Å². The molecule has 0 aromatic carbocycles. The van der Waals surface area contributed by atoms with Gasteiger partial charge in [-0.05, 0) is 31.9 Å². The number of aryl methyl sites for hydroxylation is 1. The lowest BCUT2D eigenvalue weighted by atomic mass is 10.2. The summed E-state index contributed by atoms with van der Waals surface area (Å²) in [5, 5.41) is 17.9. The molecule has 0 radical (unpaired) electrons. The molecular formula is C12H13N3O2. The first-order valence-corrected chi connectivity index (χ1v) is 5.50. The third-order valence-electron chi connectivity index (χ3n) is 3.02. The predicted molar refractivity (Wildman–Crippen MR) is 61.7 cm³/mol. The Hall–Kier alpha value is -2.09. The number of carboxylic acid groups (broad SMARTS) is 1. The fraction of sp³-hybridized carbons (Fsp3) is 0.417. The molecule has 1 aliphatic heterocycles. The number of hydrogen-bond acceptors (Lipinski definition) is 4. The highest BCUT2D eigenvalue weighted by molar-refractivity contribution is 5.78.